The maximum Gasteiger partial charge on any atom is 0.435 e. The number of rotatable bonds is 7. The Morgan fingerprint density at radius 3 is 2.28 bits per heavy atom. The Labute approximate surface area is 289 Å². The standard InChI is InChI=1S/C32H34ClF3N10O4/c1-37-20-4-6-25(39-16-20)46-18-22(26(42-46)32(34,35)36)24-17-40-27(43(24)2)28(47)41-19-3-5-21(23(33)15-19)29(48)44-11-13-45(14-12-44)30(49)31(50)7-9-38-10-8-31/h3-6,15-18,37-38,50H,7-14H2,1-2H3,(H,41,47). The molecule has 0 unspecified atom stereocenters. The van der Waals surface area contributed by atoms with Gasteiger partial charge in [-0.1, -0.05) is 11.6 Å². The van der Waals surface area contributed by atoms with Crippen LogP contribution in [0.1, 0.15) is 39.5 Å². The monoisotopic (exact) mass is 714 g/mol. The molecule has 2 aliphatic heterocycles. The van der Waals surface area contributed by atoms with Crippen molar-refractivity contribution in [3.63, 3.8) is 0 Å². The van der Waals surface area contributed by atoms with Gasteiger partial charge in [-0.25, -0.2) is 14.6 Å². The molecule has 4 aromatic rings. The number of anilines is 2. The van der Waals surface area contributed by atoms with E-state index < -0.39 is 23.4 Å². The Morgan fingerprint density at radius 1 is 0.980 bits per heavy atom. The molecule has 6 rings (SSSR count). The Bertz CT molecular complexity index is 1910. The zero-order valence-corrected chi connectivity index (χ0v) is 27.8. The van der Waals surface area contributed by atoms with E-state index in [1.807, 2.05) is 0 Å². The molecule has 2 aliphatic rings. The third-order valence-electron chi connectivity index (χ3n) is 8.86. The highest BCUT2D eigenvalue weighted by Crippen LogP contribution is 2.37. The second-order valence-corrected chi connectivity index (χ2v) is 12.4. The molecule has 3 aromatic heterocycles. The molecule has 0 aliphatic carbocycles. The number of carbonyl (C=O) groups excluding carboxylic acids is 3. The second kappa shape index (κ2) is 13.7. The van der Waals surface area contributed by atoms with E-state index in [0.29, 0.717) is 31.6 Å². The minimum atomic E-state index is -4.81. The van der Waals surface area contributed by atoms with Gasteiger partial charge in [0, 0.05) is 52.2 Å². The first-order valence-corrected chi connectivity index (χ1v) is 16.1. The number of hydrogen-bond acceptors (Lipinski definition) is 9. The van der Waals surface area contributed by atoms with E-state index in [0.717, 1.165) is 10.9 Å². The van der Waals surface area contributed by atoms with Gasteiger partial charge in [-0.15, -0.1) is 0 Å². The smallest absolute Gasteiger partial charge is 0.387 e. The van der Waals surface area contributed by atoms with Crippen LogP contribution in [0.5, 0.6) is 0 Å². The first-order valence-electron chi connectivity index (χ1n) is 15.7. The highest BCUT2D eigenvalue weighted by Gasteiger charge is 2.41. The topological polar surface area (TPSA) is 163 Å². The van der Waals surface area contributed by atoms with Crippen LogP contribution in [0.25, 0.3) is 17.1 Å². The molecule has 5 heterocycles. The van der Waals surface area contributed by atoms with Crippen molar-refractivity contribution < 1.29 is 32.7 Å². The fourth-order valence-corrected chi connectivity index (χ4v) is 6.27. The number of alkyl halides is 3. The van der Waals surface area contributed by atoms with E-state index in [1.54, 1.807) is 22.9 Å². The fraction of sp³-hybridized carbons (Fsp3) is 0.375. The number of aliphatic hydroxyl groups is 1. The third kappa shape index (κ3) is 6.88. The molecule has 0 atom stereocenters. The molecule has 4 N–H and O–H groups in total. The Morgan fingerprint density at radius 2 is 1.66 bits per heavy atom. The lowest BCUT2D eigenvalue weighted by molar-refractivity contribution is -0.155. The van der Waals surface area contributed by atoms with Crippen LogP contribution < -0.4 is 16.0 Å². The summed E-state index contributed by atoms with van der Waals surface area (Å²) in [5, 5.41) is 23.2. The molecule has 1 aromatic carbocycles. The average molecular weight is 715 g/mol. The van der Waals surface area contributed by atoms with Crippen molar-refractivity contribution in [1.29, 1.82) is 0 Å². The number of amides is 3. The number of hydrogen-bond donors (Lipinski definition) is 4. The van der Waals surface area contributed by atoms with Gasteiger partial charge in [0.1, 0.15) is 5.60 Å². The maximum atomic E-state index is 14.1. The molecule has 3 amide bonds. The highest BCUT2D eigenvalue weighted by atomic mass is 35.5. The van der Waals surface area contributed by atoms with E-state index >= 15 is 0 Å². The minimum Gasteiger partial charge on any atom is -0.387 e. The van der Waals surface area contributed by atoms with Crippen LogP contribution in [-0.2, 0) is 18.0 Å². The van der Waals surface area contributed by atoms with E-state index in [4.69, 9.17) is 11.6 Å². The maximum absolute atomic E-state index is 14.1. The van der Waals surface area contributed by atoms with Gasteiger partial charge in [0.25, 0.3) is 17.7 Å². The number of imidazole rings is 1. The fourth-order valence-electron chi connectivity index (χ4n) is 6.01. The van der Waals surface area contributed by atoms with E-state index in [1.165, 1.54) is 48.3 Å². The molecule has 18 heteroatoms. The summed E-state index contributed by atoms with van der Waals surface area (Å²) in [5.41, 5.74) is -1.80. The number of piperidine rings is 1. The van der Waals surface area contributed by atoms with E-state index in [2.05, 4.69) is 31.0 Å². The molecule has 14 nitrogen and oxygen atoms in total. The largest absolute Gasteiger partial charge is 0.435 e. The van der Waals surface area contributed by atoms with Crippen LogP contribution in [0.2, 0.25) is 5.02 Å². The summed E-state index contributed by atoms with van der Waals surface area (Å²) in [5.74, 6) is -1.44. The van der Waals surface area contributed by atoms with Crippen molar-refractivity contribution in [2.24, 2.45) is 7.05 Å². The van der Waals surface area contributed by atoms with Crippen LogP contribution in [0, 0.1) is 0 Å². The molecule has 0 saturated carbocycles. The average Bonchev–Trinajstić information content (AvgIpc) is 3.72. The summed E-state index contributed by atoms with van der Waals surface area (Å²) in [7, 11) is 3.09. The summed E-state index contributed by atoms with van der Waals surface area (Å²) in [6.45, 7) is 2.15. The SMILES string of the molecule is CNc1ccc(-n2cc(-c3cnc(C(=O)Nc4ccc(C(=O)N5CCN(C(=O)C6(O)CCNCC6)CC5)c(Cl)c4)n3C)c(C(F)(F)F)n2)nc1. The van der Waals surface area contributed by atoms with Crippen LogP contribution in [-0.4, -0.2) is 109 Å². The predicted molar refractivity (Wildman–Crippen MR) is 177 cm³/mol. The number of piperazine rings is 1. The van der Waals surface area contributed by atoms with Crippen molar-refractivity contribution in [2.45, 2.75) is 24.6 Å². The Kier molecular flexibility index (Phi) is 9.56. The van der Waals surface area contributed by atoms with Gasteiger partial charge in [-0.3, -0.25) is 14.4 Å². The third-order valence-corrected chi connectivity index (χ3v) is 9.17. The minimum absolute atomic E-state index is 0.00810. The Hall–Kier alpha value is -5.00. The number of halogens is 4. The van der Waals surface area contributed by atoms with Crippen molar-refractivity contribution in [1.82, 2.24) is 39.4 Å². The molecule has 0 bridgehead atoms. The van der Waals surface area contributed by atoms with Crippen LogP contribution in [0.3, 0.4) is 0 Å². The molecule has 2 saturated heterocycles. The molecule has 0 spiro atoms. The summed E-state index contributed by atoms with van der Waals surface area (Å²) in [6.07, 6.45) is -0.362. The molecule has 264 valence electrons. The summed E-state index contributed by atoms with van der Waals surface area (Å²) in [6, 6.07) is 7.48. The number of nitrogens with one attached hydrogen (secondary N) is 3. The van der Waals surface area contributed by atoms with E-state index in [9.17, 15) is 32.7 Å². The highest BCUT2D eigenvalue weighted by molar-refractivity contribution is 6.34. The van der Waals surface area contributed by atoms with Gasteiger partial charge in [-0.05, 0) is 56.3 Å². The molecule has 50 heavy (non-hydrogen) atoms. The summed E-state index contributed by atoms with van der Waals surface area (Å²) < 4.78 is 44.4. The van der Waals surface area contributed by atoms with Crippen LogP contribution >= 0.6 is 11.6 Å². The number of aromatic nitrogens is 5. The summed E-state index contributed by atoms with van der Waals surface area (Å²) >= 11 is 6.47. The Balaban J connectivity index is 1.13. The molecule has 2 fully saturated rings. The zero-order valence-electron chi connectivity index (χ0n) is 27.1. The normalized spacial score (nSPS) is 16.3. The lowest BCUT2D eigenvalue weighted by Crippen LogP contribution is -2.59. The van der Waals surface area contributed by atoms with Crippen molar-refractivity contribution in [3.05, 3.63) is 71.0 Å². The van der Waals surface area contributed by atoms with Gasteiger partial charge in [0.2, 0.25) is 0 Å². The van der Waals surface area contributed by atoms with Crippen LogP contribution in [0.15, 0.2) is 48.9 Å². The molecule has 0 radical (unpaired) electrons. The molecular formula is C32H34ClF3N10O4. The van der Waals surface area contributed by atoms with Gasteiger partial charge in [0.15, 0.2) is 17.3 Å². The lowest BCUT2D eigenvalue weighted by atomic mass is 9.90. The van der Waals surface area contributed by atoms with Crippen molar-refractivity contribution >= 4 is 40.7 Å². The van der Waals surface area contributed by atoms with Gasteiger partial charge in [-0.2, -0.15) is 18.3 Å². The van der Waals surface area contributed by atoms with Crippen LogP contribution in [0.4, 0.5) is 24.5 Å². The van der Waals surface area contributed by atoms with Crippen molar-refractivity contribution in [2.75, 3.05) is 56.9 Å². The number of carbonyl (C=O) groups is 3. The quantitative estimate of drug-likeness (QED) is 0.226. The molecular weight excluding hydrogens is 681 g/mol. The number of nitrogens with zero attached hydrogens (tertiary/aromatic N) is 7. The second-order valence-electron chi connectivity index (χ2n) is 12.0. The van der Waals surface area contributed by atoms with Gasteiger partial charge < -0.3 is 35.4 Å². The number of benzene rings is 1. The first kappa shape index (κ1) is 34.8. The van der Waals surface area contributed by atoms with Gasteiger partial charge in [0.05, 0.1) is 39.9 Å². The van der Waals surface area contributed by atoms with Crippen molar-refractivity contribution in [3.8, 4) is 17.1 Å². The lowest BCUT2D eigenvalue weighted by Gasteiger charge is -2.40. The van der Waals surface area contributed by atoms with E-state index in [-0.39, 0.29) is 77.2 Å². The predicted octanol–water partition coefficient (Wildman–Crippen LogP) is 3.03. The zero-order chi connectivity index (χ0) is 35.8. The first-order chi connectivity index (χ1) is 23.8. The van der Waals surface area contributed by atoms with Gasteiger partial charge >= 0.3 is 6.18 Å². The summed E-state index contributed by atoms with van der Waals surface area (Å²) in [4.78, 5) is 50.9. The number of pyridine rings is 1.